The summed E-state index contributed by atoms with van der Waals surface area (Å²) in [6.07, 6.45) is 17.2. The van der Waals surface area contributed by atoms with Gasteiger partial charge in [-0.2, -0.15) is 22.8 Å². The molecule has 99 heavy (non-hydrogen) atoms. The van der Waals surface area contributed by atoms with Crippen molar-refractivity contribution in [3.8, 4) is 0 Å². The number of quaternary nitrogens is 1. The fourth-order valence-corrected chi connectivity index (χ4v) is 13.2. The van der Waals surface area contributed by atoms with Gasteiger partial charge in [-0.05, 0) is 139 Å². The normalized spacial score (nSPS) is 20.7. The number of hydroxylamine groups is 6. The lowest BCUT2D eigenvalue weighted by atomic mass is 10.0. The molecule has 6 saturated heterocycles. The monoisotopic (exact) mass is 1440 g/mol. The number of carbonyl (C=O) groups excluding carboxylic acids is 5. The Morgan fingerprint density at radius 3 is 1.24 bits per heavy atom. The summed E-state index contributed by atoms with van der Waals surface area (Å²) in [4.78, 5) is 68.0. The summed E-state index contributed by atoms with van der Waals surface area (Å²) in [7, 11) is -4.62. The van der Waals surface area contributed by atoms with Crippen molar-refractivity contribution in [1.29, 1.82) is 0 Å². The van der Waals surface area contributed by atoms with Gasteiger partial charge in [0.05, 0.1) is 44.3 Å². The number of aromatic nitrogens is 6. The van der Waals surface area contributed by atoms with Crippen LogP contribution in [0.15, 0.2) is 13.3 Å². The molecule has 0 radical (unpaired) electrons. The van der Waals surface area contributed by atoms with Crippen LogP contribution in [0.1, 0.15) is 232 Å². The van der Waals surface area contributed by atoms with E-state index in [4.69, 9.17) is 27.3 Å². The Kier molecular flexibility index (Phi) is 30.3. The Morgan fingerprint density at radius 2 is 0.899 bits per heavy atom. The van der Waals surface area contributed by atoms with Gasteiger partial charge in [0.15, 0.2) is 0 Å². The van der Waals surface area contributed by atoms with Crippen LogP contribution in [-0.2, 0) is 58.1 Å². The van der Waals surface area contributed by atoms with Crippen LogP contribution < -0.4 is 5.32 Å². The highest BCUT2D eigenvalue weighted by atomic mass is 32.3. The molecule has 0 saturated carbocycles. The molecule has 6 atom stereocenters. The Balaban J connectivity index is 0.000000212. The maximum absolute atomic E-state index is 12.4. The van der Waals surface area contributed by atoms with Crippen molar-refractivity contribution in [2.75, 3.05) is 86.6 Å². The van der Waals surface area contributed by atoms with E-state index in [0.717, 1.165) is 18.0 Å². The number of unbranched alkanes of at least 4 members (excludes halogenated alkanes) is 4. The molecule has 3 aromatic rings. The van der Waals surface area contributed by atoms with E-state index in [0.29, 0.717) is 130 Å². The first kappa shape index (κ1) is 81.4. The summed E-state index contributed by atoms with van der Waals surface area (Å²) in [5.74, 6) is 2.28. The fourth-order valence-electron chi connectivity index (χ4n) is 12.4. The molecule has 3 aromatic heterocycles. The maximum atomic E-state index is 12.4. The average molecular weight is 1450 g/mol. The number of piperidine rings is 3. The lowest BCUT2D eigenvalue weighted by molar-refractivity contribution is -0.929. The van der Waals surface area contributed by atoms with Gasteiger partial charge in [0.2, 0.25) is 45.7 Å². The van der Waals surface area contributed by atoms with Gasteiger partial charge < -0.3 is 61.6 Å². The molecule has 6 aliphatic rings. The third-order valence-corrected chi connectivity index (χ3v) is 18.3. The van der Waals surface area contributed by atoms with Gasteiger partial charge in [-0.15, -0.1) is 34.9 Å². The Labute approximate surface area is 582 Å². The quantitative estimate of drug-likeness (QED) is 0.0179. The van der Waals surface area contributed by atoms with Crippen molar-refractivity contribution in [1.82, 2.24) is 75.6 Å². The zero-order chi connectivity index (χ0) is 73.0. The molecule has 35 nitrogen and oxygen atoms in total. The molecule has 6 fully saturated rings. The van der Waals surface area contributed by atoms with Gasteiger partial charge >= 0.3 is 40.7 Å². The molecule has 8 amide bonds. The first-order valence-corrected chi connectivity index (χ1v) is 37.5. The standard InChI is InChI=1S/C17H27N5O8S.C17H27N5O5.C16H36N.C12H19N5O6S/c1-17(2,3)29-16(24)20(4)9-5-6-13-18-19-14(28-13)12-8-7-11-10-21(12)15(23)22(11)30-31(25,26)27;1-17(2,3)27-16(24)20(4)9-5-6-13-18-19-14(26-13)12-8-7-11-10-21(12)15(23)22(11)25;1-5-9-13-17(14-10-6-2,15-11-7-3)16-12-8-4;1-13-6-2-3-10-14-15-11(22-10)9-5-4-8-7-16(9)12(18)17(8)23-24(19,20)21/h11-12H,5-10H2,1-4H3,(H,25,26,27);11-12,25H,5-10H2,1-4H3;5-16H2,1-4H3;8-9,13H,2-7H2,1H3,(H,19,20,21)/q;;+1;/p-1/t2*11-,12+;;8-,9+/m11.1/s1. The predicted octanol–water partition coefficient (Wildman–Crippen LogP) is 8.30. The predicted molar refractivity (Wildman–Crippen MR) is 353 cm³/mol. The molecule has 3 N–H and O–H groups in total. The van der Waals surface area contributed by atoms with E-state index in [9.17, 15) is 50.6 Å². The number of hydrogen-bond donors (Lipinski definition) is 3. The second kappa shape index (κ2) is 36.8. The zero-order valence-corrected chi connectivity index (χ0v) is 61.7. The van der Waals surface area contributed by atoms with Crippen molar-refractivity contribution >= 4 is 51.1 Å². The minimum atomic E-state index is -5.05. The van der Waals surface area contributed by atoms with Crippen molar-refractivity contribution in [2.24, 2.45) is 0 Å². The molecular weight excluding hydrogens is 1340 g/mol. The number of nitrogens with one attached hydrogen (secondary N) is 1. The molecule has 0 aliphatic carbocycles. The van der Waals surface area contributed by atoms with E-state index in [2.05, 4.69) is 72.2 Å². The van der Waals surface area contributed by atoms with Crippen LogP contribution in [0.25, 0.3) is 0 Å². The number of ether oxygens (including phenoxy) is 2. The number of nitrogens with zero attached hydrogens (tertiary/aromatic N) is 15. The molecular formula is C62H108N16O19S2. The van der Waals surface area contributed by atoms with Gasteiger partial charge in [0.1, 0.15) is 29.3 Å². The van der Waals surface area contributed by atoms with Crippen LogP contribution in [0.2, 0.25) is 0 Å². The van der Waals surface area contributed by atoms with Gasteiger partial charge in [-0.3, -0.25) is 9.76 Å². The summed E-state index contributed by atoms with van der Waals surface area (Å²) in [6.45, 7) is 28.6. The topological polar surface area (TPSA) is 409 Å². The number of carbonyl (C=O) groups is 5. The number of amides is 8. The van der Waals surface area contributed by atoms with Crippen LogP contribution >= 0.6 is 0 Å². The first-order chi connectivity index (χ1) is 46.6. The molecule has 37 heteroatoms. The van der Waals surface area contributed by atoms with Crippen LogP contribution in [0.4, 0.5) is 24.0 Å². The molecule has 562 valence electrons. The second-order valence-electron chi connectivity index (χ2n) is 28.0. The number of hydrogen-bond acceptors (Lipinski definition) is 25. The fraction of sp³-hybridized carbons (Fsp3) is 0.823. The summed E-state index contributed by atoms with van der Waals surface area (Å²) < 4.78 is 101. The van der Waals surface area contributed by atoms with Crippen molar-refractivity contribution in [3.63, 3.8) is 0 Å². The van der Waals surface area contributed by atoms with Crippen molar-refractivity contribution < 1.29 is 90.9 Å². The summed E-state index contributed by atoms with van der Waals surface area (Å²) >= 11 is 0. The van der Waals surface area contributed by atoms with E-state index < -0.39 is 80.4 Å². The molecule has 9 heterocycles. The van der Waals surface area contributed by atoms with Gasteiger partial charge in [0.25, 0.3) is 0 Å². The Bertz CT molecular complexity index is 3250. The Morgan fingerprint density at radius 1 is 0.556 bits per heavy atom. The second-order valence-corrected chi connectivity index (χ2v) is 30.0. The number of fused-ring (bicyclic) bond motifs is 6. The van der Waals surface area contributed by atoms with Crippen LogP contribution in [-0.4, -0.2) is 252 Å². The lowest BCUT2D eigenvalue weighted by Crippen LogP contribution is -2.50. The summed E-state index contributed by atoms with van der Waals surface area (Å²) in [5.41, 5.74) is -1.10. The minimum absolute atomic E-state index is 0.153. The SMILES string of the molecule is CCCC[N+](CCCC)(CCCC)CCCC.CN(CCCc1nnc([C@@H]2CC[C@@H]3CN2C(=O)N3O)o1)C(=O)OC(C)(C)C.CN(CCCc1nnc([C@@H]2CC[C@@H]3CN2C(=O)N3OS(=O)(=O)[O-])o1)C(=O)OC(C)(C)C.CNCCCc1nnc([C@@H]2CC[C@@H]3CN2C(=O)N3OS(=O)(=O)O)o1. The van der Waals surface area contributed by atoms with E-state index in [-0.39, 0.29) is 37.2 Å². The summed E-state index contributed by atoms with van der Waals surface area (Å²) in [5, 5.41) is 39.0. The minimum Gasteiger partial charge on any atom is -0.724 e. The third kappa shape index (κ3) is 24.6. The van der Waals surface area contributed by atoms with E-state index in [1.807, 2.05) is 27.8 Å². The molecule has 6 bridgehead atoms. The van der Waals surface area contributed by atoms with E-state index >= 15 is 0 Å². The van der Waals surface area contributed by atoms with E-state index in [1.54, 1.807) is 39.8 Å². The van der Waals surface area contributed by atoms with Gasteiger partial charge in [-0.25, -0.2) is 37.5 Å². The first-order valence-electron chi connectivity index (χ1n) is 34.8. The number of rotatable bonds is 31. The smallest absolute Gasteiger partial charge is 0.418 e. The highest BCUT2D eigenvalue weighted by molar-refractivity contribution is 7.81. The van der Waals surface area contributed by atoms with Crippen molar-refractivity contribution in [2.45, 2.75) is 245 Å². The third-order valence-electron chi connectivity index (χ3n) is 17.6. The van der Waals surface area contributed by atoms with Crippen LogP contribution in [0.5, 0.6) is 0 Å². The Hall–Kier alpha value is -6.61. The van der Waals surface area contributed by atoms with Crippen molar-refractivity contribution in [3.05, 3.63) is 35.3 Å². The molecule has 0 spiro atoms. The lowest BCUT2D eigenvalue weighted by Gasteiger charge is -2.39. The van der Waals surface area contributed by atoms with E-state index in [1.165, 1.54) is 102 Å². The largest absolute Gasteiger partial charge is 0.724 e. The highest BCUT2D eigenvalue weighted by Gasteiger charge is 2.51. The van der Waals surface area contributed by atoms with Gasteiger partial charge in [-0.1, -0.05) is 53.4 Å². The number of aryl methyl sites for hydroxylation is 3. The maximum Gasteiger partial charge on any atom is 0.418 e. The van der Waals surface area contributed by atoms with Gasteiger partial charge in [0, 0.05) is 66.1 Å². The molecule has 0 aromatic carbocycles. The van der Waals surface area contributed by atoms with Crippen LogP contribution in [0.3, 0.4) is 0 Å². The number of urea groups is 3. The highest BCUT2D eigenvalue weighted by Crippen LogP contribution is 2.41. The molecule has 6 aliphatic heterocycles. The summed E-state index contributed by atoms with van der Waals surface area (Å²) in [6, 6.07) is -4.16. The average Bonchev–Trinajstić information content (AvgIpc) is 1.64. The van der Waals surface area contributed by atoms with Crippen LogP contribution in [0, 0.1) is 0 Å². The zero-order valence-electron chi connectivity index (χ0n) is 60.0. The molecule has 0 unspecified atom stereocenters. The molecule has 9 rings (SSSR count).